The van der Waals surface area contributed by atoms with Crippen molar-refractivity contribution < 1.29 is 13.6 Å². The molecule has 9 nitrogen and oxygen atoms in total. The molecule has 5 heterocycles. The summed E-state index contributed by atoms with van der Waals surface area (Å²) in [5, 5.41) is 11.3. The topological polar surface area (TPSA) is 105 Å². The van der Waals surface area contributed by atoms with Crippen LogP contribution < -0.4 is 0 Å². The number of fused-ring (bicyclic) bond motifs is 1. The van der Waals surface area contributed by atoms with Gasteiger partial charge in [0.05, 0.1) is 33.7 Å². The van der Waals surface area contributed by atoms with Crippen molar-refractivity contribution in [1.29, 1.82) is 0 Å². The molecular formula is C23H16Cl2F2N8O. The molecule has 2 atom stereocenters. The number of pyridine rings is 1. The number of benzene rings is 1. The van der Waals surface area contributed by atoms with Crippen LogP contribution in [0.1, 0.15) is 36.7 Å². The number of hydrogen-bond acceptors (Lipinski definition) is 6. The maximum absolute atomic E-state index is 15.2. The Morgan fingerprint density at radius 2 is 1.94 bits per heavy atom. The Morgan fingerprint density at radius 1 is 1.08 bits per heavy atom. The van der Waals surface area contributed by atoms with Gasteiger partial charge in [-0.2, -0.15) is 9.07 Å². The Bertz CT molecular complexity index is 1520. The number of carbonyl (C=O) groups excluding carboxylic acids is 1. The molecule has 2 aliphatic heterocycles. The average molecular weight is 529 g/mol. The van der Waals surface area contributed by atoms with Gasteiger partial charge >= 0.3 is 0 Å². The molecular weight excluding hydrogens is 513 g/mol. The number of imidazole rings is 1. The number of carbonyl (C=O) groups is 1. The summed E-state index contributed by atoms with van der Waals surface area (Å²) < 4.78 is 30.2. The van der Waals surface area contributed by atoms with Crippen molar-refractivity contribution in [3.8, 4) is 16.9 Å². The number of amides is 1. The molecule has 13 heteroatoms. The third-order valence-corrected chi connectivity index (χ3v) is 7.12. The predicted octanol–water partition coefficient (Wildman–Crippen LogP) is 4.55. The fourth-order valence-corrected chi connectivity index (χ4v) is 5.33. The van der Waals surface area contributed by atoms with Crippen molar-refractivity contribution in [3.63, 3.8) is 0 Å². The maximum atomic E-state index is 15.2. The number of nitrogens with one attached hydrogen (secondary N) is 1. The van der Waals surface area contributed by atoms with Crippen LogP contribution >= 0.6 is 23.2 Å². The largest absolute Gasteiger partial charge is 0.340 e. The molecule has 0 saturated carbocycles. The number of H-pyrrole nitrogens is 1. The zero-order valence-electron chi connectivity index (χ0n) is 18.4. The van der Waals surface area contributed by atoms with Crippen LogP contribution in [0.4, 0.5) is 8.78 Å². The van der Waals surface area contributed by atoms with Gasteiger partial charge in [0.15, 0.2) is 5.82 Å². The molecule has 0 bridgehead atoms. The molecule has 6 rings (SSSR count). The average Bonchev–Trinajstić information content (AvgIpc) is 3.62. The molecule has 36 heavy (non-hydrogen) atoms. The van der Waals surface area contributed by atoms with Crippen molar-refractivity contribution in [2.75, 3.05) is 0 Å². The first-order chi connectivity index (χ1) is 17.4. The second-order valence-electron chi connectivity index (χ2n) is 8.55. The standard InChI is InChI=1S/C23H16Cl2F2N8O/c24-14-2-4-17(34-10-30-32-33-34)21(22(14)27)11-5-12-1-3-18(35(12)20(36)6-11)23-29-9-16(31-23)13-7-19(26)28-8-15(13)25/h2,4,6-10,12,18H,1,3,5H2,(H,29,31)/t12?,18-/m0/s1. The number of rotatable bonds is 4. The Labute approximate surface area is 212 Å². The third-order valence-electron chi connectivity index (χ3n) is 6.52. The second kappa shape index (κ2) is 8.75. The summed E-state index contributed by atoms with van der Waals surface area (Å²) in [4.78, 5) is 26.2. The van der Waals surface area contributed by atoms with Crippen molar-refractivity contribution in [3.05, 3.63) is 76.2 Å². The van der Waals surface area contributed by atoms with Gasteiger partial charge in [-0.1, -0.05) is 23.2 Å². The molecule has 1 fully saturated rings. The van der Waals surface area contributed by atoms with Gasteiger partial charge in [-0.05, 0) is 47.4 Å². The summed E-state index contributed by atoms with van der Waals surface area (Å²) in [5.74, 6) is -1.00. The van der Waals surface area contributed by atoms with Crippen molar-refractivity contribution in [2.45, 2.75) is 31.3 Å². The van der Waals surface area contributed by atoms with E-state index in [2.05, 4.69) is 30.5 Å². The molecule has 1 N–H and O–H groups in total. The monoisotopic (exact) mass is 528 g/mol. The SMILES string of the molecule is O=C1C=C(c2c(-n3cnnn3)ccc(Cl)c2F)CC2CC[C@@H](c3ncc(-c4cc(F)ncc4Cl)[nH]3)N12. The number of tetrazole rings is 1. The van der Waals surface area contributed by atoms with E-state index in [1.807, 2.05) is 0 Å². The van der Waals surface area contributed by atoms with Crippen LogP contribution in [0.15, 0.2) is 43.0 Å². The highest BCUT2D eigenvalue weighted by molar-refractivity contribution is 6.33. The van der Waals surface area contributed by atoms with E-state index in [1.54, 1.807) is 17.2 Å². The van der Waals surface area contributed by atoms with Gasteiger partial charge in [-0.3, -0.25) is 4.79 Å². The summed E-state index contributed by atoms with van der Waals surface area (Å²) in [6.45, 7) is 0. The van der Waals surface area contributed by atoms with E-state index in [0.29, 0.717) is 47.6 Å². The van der Waals surface area contributed by atoms with Gasteiger partial charge in [-0.15, -0.1) is 5.10 Å². The van der Waals surface area contributed by atoms with Crippen LogP contribution in [0, 0.1) is 11.8 Å². The first-order valence-corrected chi connectivity index (χ1v) is 11.8. The summed E-state index contributed by atoms with van der Waals surface area (Å²) in [6, 6.07) is 3.78. The predicted molar refractivity (Wildman–Crippen MR) is 126 cm³/mol. The molecule has 1 unspecified atom stereocenters. The van der Waals surface area contributed by atoms with Crippen molar-refractivity contribution >= 4 is 34.7 Å². The zero-order chi connectivity index (χ0) is 25.0. The molecule has 1 amide bonds. The minimum Gasteiger partial charge on any atom is -0.340 e. The highest BCUT2D eigenvalue weighted by Gasteiger charge is 2.42. The normalized spacial score (nSPS) is 19.5. The number of aromatic amines is 1. The molecule has 0 spiro atoms. The van der Waals surface area contributed by atoms with Gasteiger partial charge < -0.3 is 9.88 Å². The van der Waals surface area contributed by atoms with E-state index in [0.717, 1.165) is 0 Å². The lowest BCUT2D eigenvalue weighted by atomic mass is 9.92. The van der Waals surface area contributed by atoms with Crippen LogP contribution in [0.25, 0.3) is 22.5 Å². The fraction of sp³-hybridized carbons (Fsp3) is 0.217. The Morgan fingerprint density at radius 3 is 2.75 bits per heavy atom. The number of aromatic nitrogens is 7. The summed E-state index contributed by atoms with van der Waals surface area (Å²) in [7, 11) is 0. The Balaban J connectivity index is 1.34. The Kier molecular flexibility index (Phi) is 5.53. The highest BCUT2D eigenvalue weighted by atomic mass is 35.5. The summed E-state index contributed by atoms with van der Waals surface area (Å²) in [5.41, 5.74) is 2.05. The van der Waals surface area contributed by atoms with Crippen LogP contribution in [0.3, 0.4) is 0 Å². The van der Waals surface area contributed by atoms with Crippen molar-refractivity contribution in [1.82, 2.24) is 40.1 Å². The lowest BCUT2D eigenvalue weighted by Gasteiger charge is -2.33. The minimum atomic E-state index is -0.662. The fourth-order valence-electron chi connectivity index (χ4n) is 4.97. The van der Waals surface area contributed by atoms with E-state index in [4.69, 9.17) is 23.2 Å². The van der Waals surface area contributed by atoms with Gasteiger partial charge in [0.1, 0.15) is 12.2 Å². The highest BCUT2D eigenvalue weighted by Crippen LogP contribution is 2.44. The van der Waals surface area contributed by atoms with Gasteiger partial charge in [0.25, 0.3) is 0 Å². The van der Waals surface area contributed by atoms with E-state index < -0.39 is 11.8 Å². The molecule has 4 aromatic rings. The van der Waals surface area contributed by atoms with E-state index in [9.17, 15) is 9.18 Å². The Hall–Kier alpha value is -3.70. The molecule has 3 aromatic heterocycles. The molecule has 2 aliphatic rings. The van der Waals surface area contributed by atoms with Gasteiger partial charge in [0, 0.05) is 35.5 Å². The summed E-state index contributed by atoms with van der Waals surface area (Å²) >= 11 is 12.3. The first-order valence-electron chi connectivity index (χ1n) is 11.0. The van der Waals surface area contributed by atoms with Crippen LogP contribution in [-0.4, -0.2) is 52.0 Å². The van der Waals surface area contributed by atoms with Crippen LogP contribution in [0.5, 0.6) is 0 Å². The number of hydrogen-bond donors (Lipinski definition) is 1. The first kappa shape index (κ1) is 22.7. The van der Waals surface area contributed by atoms with Crippen molar-refractivity contribution in [2.24, 2.45) is 0 Å². The molecule has 0 radical (unpaired) electrons. The smallest absolute Gasteiger partial charge is 0.247 e. The lowest BCUT2D eigenvalue weighted by molar-refractivity contribution is -0.129. The van der Waals surface area contributed by atoms with Crippen LogP contribution in [0.2, 0.25) is 10.0 Å². The van der Waals surface area contributed by atoms with Gasteiger partial charge in [-0.25, -0.2) is 14.4 Å². The lowest BCUT2D eigenvalue weighted by Crippen LogP contribution is -2.39. The quantitative estimate of drug-likeness (QED) is 0.389. The van der Waals surface area contributed by atoms with E-state index in [1.165, 1.54) is 35.4 Å². The maximum Gasteiger partial charge on any atom is 0.247 e. The summed E-state index contributed by atoms with van der Waals surface area (Å²) in [6.07, 6.45) is 7.33. The molecule has 1 saturated heterocycles. The zero-order valence-corrected chi connectivity index (χ0v) is 19.9. The third kappa shape index (κ3) is 3.75. The molecule has 0 aliphatic carbocycles. The molecule has 182 valence electrons. The molecule has 1 aromatic carbocycles. The number of halogens is 4. The van der Waals surface area contributed by atoms with E-state index in [-0.39, 0.29) is 33.6 Å². The van der Waals surface area contributed by atoms with Gasteiger partial charge in [0.2, 0.25) is 11.9 Å². The van der Waals surface area contributed by atoms with E-state index >= 15 is 4.39 Å². The minimum absolute atomic E-state index is 0.0591. The number of nitrogens with zero attached hydrogens (tertiary/aromatic N) is 7. The second-order valence-corrected chi connectivity index (χ2v) is 9.36. The van der Waals surface area contributed by atoms with Crippen LogP contribution in [-0.2, 0) is 4.79 Å².